The quantitative estimate of drug-likeness (QED) is 0.360. The largest absolute Gasteiger partial charge is 0.493 e. The highest BCUT2D eigenvalue weighted by atomic mass is 19.4. The van der Waals surface area contributed by atoms with Gasteiger partial charge >= 0.3 is 6.18 Å². The molecule has 1 fully saturated rings. The molecule has 7 nitrogen and oxygen atoms in total. The van der Waals surface area contributed by atoms with E-state index in [1.54, 1.807) is 33.1 Å². The molecule has 3 N–H and O–H groups in total. The number of aryl methyl sites for hydroxylation is 1. The van der Waals surface area contributed by atoms with Gasteiger partial charge in [-0.25, -0.2) is 9.97 Å². The van der Waals surface area contributed by atoms with Gasteiger partial charge in [-0.05, 0) is 76.0 Å². The van der Waals surface area contributed by atoms with Crippen LogP contribution in [0.5, 0.6) is 11.5 Å². The number of alkyl halides is 3. The SMILES string of the molecule is CCN1CCC[C@H]1COc1cc2c(N[C@H](C)c3cc(N)cc(C(F)(F)F)c3C)nc(C)nc2cc1OC. The topological polar surface area (TPSA) is 85.5 Å². The highest BCUT2D eigenvalue weighted by Crippen LogP contribution is 2.39. The Balaban J connectivity index is 1.69. The normalized spacial score (nSPS) is 17.2. The van der Waals surface area contributed by atoms with Gasteiger partial charge in [0.2, 0.25) is 0 Å². The number of benzene rings is 2. The number of nitrogens with one attached hydrogen (secondary N) is 1. The molecule has 0 spiro atoms. The lowest BCUT2D eigenvalue weighted by Gasteiger charge is -2.24. The van der Waals surface area contributed by atoms with Crippen LogP contribution in [0, 0.1) is 13.8 Å². The molecule has 4 rings (SSSR count). The summed E-state index contributed by atoms with van der Waals surface area (Å²) in [4.78, 5) is 11.5. The standard InChI is InChI=1S/C27H34F3N5O2/c1-6-35-9-7-8-19(35)14-37-25-12-21-23(13-24(25)36-5)33-17(4)34-26(21)32-16(3)20-10-18(31)11-22(15(20)2)27(28,29)30/h10-13,16,19H,6-9,14,31H2,1-5H3,(H,32,33,34)/t16-,19+/m1/s1. The van der Waals surface area contributed by atoms with E-state index in [-0.39, 0.29) is 11.3 Å². The number of anilines is 2. The van der Waals surface area contributed by atoms with Crippen molar-refractivity contribution in [1.82, 2.24) is 14.9 Å². The molecule has 0 radical (unpaired) electrons. The Bertz CT molecular complexity index is 1280. The predicted octanol–water partition coefficient (Wildman–Crippen LogP) is 5.89. The number of ether oxygens (including phenoxy) is 2. The summed E-state index contributed by atoms with van der Waals surface area (Å²) in [6, 6.07) is 6.00. The van der Waals surface area contributed by atoms with Crippen molar-refractivity contribution in [2.75, 3.05) is 37.9 Å². The van der Waals surface area contributed by atoms with E-state index in [1.807, 2.05) is 6.07 Å². The average Bonchev–Trinajstić information content (AvgIpc) is 3.30. The van der Waals surface area contributed by atoms with E-state index in [4.69, 9.17) is 15.2 Å². The first-order chi connectivity index (χ1) is 17.5. The Labute approximate surface area is 215 Å². The lowest BCUT2D eigenvalue weighted by Crippen LogP contribution is -2.33. The van der Waals surface area contributed by atoms with Crippen LogP contribution in [0.15, 0.2) is 24.3 Å². The smallest absolute Gasteiger partial charge is 0.416 e. The number of rotatable bonds is 8. The average molecular weight is 518 g/mol. The number of nitrogens with two attached hydrogens (primary N) is 1. The molecule has 1 aliphatic heterocycles. The van der Waals surface area contributed by atoms with Crippen LogP contribution in [-0.2, 0) is 6.18 Å². The van der Waals surface area contributed by atoms with Crippen molar-refractivity contribution in [3.8, 4) is 11.5 Å². The third-order valence-electron chi connectivity index (χ3n) is 7.02. The summed E-state index contributed by atoms with van der Waals surface area (Å²) < 4.78 is 52.6. The number of likely N-dealkylation sites (N-methyl/N-ethyl adjacent to an activating group) is 1. The van der Waals surface area contributed by atoms with Crippen molar-refractivity contribution in [2.45, 2.75) is 58.8 Å². The lowest BCUT2D eigenvalue weighted by atomic mass is 9.96. The molecular weight excluding hydrogens is 483 g/mol. The fourth-order valence-electron chi connectivity index (χ4n) is 5.11. The van der Waals surface area contributed by atoms with Crippen LogP contribution in [0.3, 0.4) is 0 Å². The maximum atomic E-state index is 13.6. The first kappa shape index (κ1) is 26.8. The van der Waals surface area contributed by atoms with Gasteiger partial charge in [0.25, 0.3) is 0 Å². The van der Waals surface area contributed by atoms with Crippen molar-refractivity contribution in [2.24, 2.45) is 0 Å². The maximum absolute atomic E-state index is 13.6. The van der Waals surface area contributed by atoms with Gasteiger partial charge in [-0.2, -0.15) is 13.2 Å². The van der Waals surface area contributed by atoms with Gasteiger partial charge in [-0.3, -0.25) is 4.90 Å². The monoisotopic (exact) mass is 517 g/mol. The molecule has 0 aliphatic carbocycles. The number of aromatic nitrogens is 2. The number of hydrogen-bond donors (Lipinski definition) is 2. The minimum atomic E-state index is -4.50. The number of halogens is 3. The highest BCUT2D eigenvalue weighted by Gasteiger charge is 2.34. The summed E-state index contributed by atoms with van der Waals surface area (Å²) in [7, 11) is 1.58. The molecule has 0 unspecified atom stereocenters. The summed E-state index contributed by atoms with van der Waals surface area (Å²) >= 11 is 0. The van der Waals surface area contributed by atoms with Crippen LogP contribution in [0.1, 0.15) is 55.2 Å². The van der Waals surface area contributed by atoms with Gasteiger partial charge < -0.3 is 20.5 Å². The summed E-state index contributed by atoms with van der Waals surface area (Å²) in [5, 5.41) is 3.97. The van der Waals surface area contributed by atoms with Crippen LogP contribution < -0.4 is 20.5 Å². The van der Waals surface area contributed by atoms with Crippen LogP contribution in [-0.4, -0.2) is 47.7 Å². The number of likely N-dealkylation sites (tertiary alicyclic amines) is 1. The van der Waals surface area contributed by atoms with E-state index in [9.17, 15) is 13.2 Å². The Morgan fingerprint density at radius 3 is 2.59 bits per heavy atom. The molecule has 2 atom stereocenters. The summed E-state index contributed by atoms with van der Waals surface area (Å²) in [6.07, 6.45) is -2.27. The molecule has 3 aromatic rings. The second-order valence-corrected chi connectivity index (χ2v) is 9.52. The van der Waals surface area contributed by atoms with E-state index in [1.165, 1.54) is 6.92 Å². The number of fused-ring (bicyclic) bond motifs is 1. The van der Waals surface area contributed by atoms with Gasteiger partial charge in [0.05, 0.1) is 24.2 Å². The highest BCUT2D eigenvalue weighted by molar-refractivity contribution is 5.92. The third kappa shape index (κ3) is 5.69. The van der Waals surface area contributed by atoms with E-state index < -0.39 is 17.8 Å². The van der Waals surface area contributed by atoms with Gasteiger partial charge in [-0.1, -0.05) is 6.92 Å². The second kappa shape index (κ2) is 10.6. The summed E-state index contributed by atoms with van der Waals surface area (Å²) in [5.41, 5.74) is 6.37. The molecule has 1 aromatic heterocycles. The molecular formula is C27H34F3N5O2. The molecule has 1 saturated heterocycles. The van der Waals surface area contributed by atoms with Crippen LogP contribution in [0.25, 0.3) is 10.9 Å². The van der Waals surface area contributed by atoms with E-state index in [0.29, 0.717) is 52.3 Å². The third-order valence-corrected chi connectivity index (χ3v) is 7.02. The van der Waals surface area contributed by atoms with E-state index in [2.05, 4.69) is 27.1 Å². The summed E-state index contributed by atoms with van der Waals surface area (Å²) in [6.45, 7) is 9.72. The Morgan fingerprint density at radius 1 is 1.16 bits per heavy atom. The van der Waals surface area contributed by atoms with Crippen LogP contribution >= 0.6 is 0 Å². The Morgan fingerprint density at radius 2 is 1.92 bits per heavy atom. The van der Waals surface area contributed by atoms with Crippen molar-refractivity contribution in [3.05, 3.63) is 46.8 Å². The summed E-state index contributed by atoms with van der Waals surface area (Å²) in [5.74, 6) is 2.14. The number of hydrogen-bond acceptors (Lipinski definition) is 7. The van der Waals surface area contributed by atoms with Crippen LogP contribution in [0.2, 0.25) is 0 Å². The zero-order chi connectivity index (χ0) is 26.9. The Kier molecular flexibility index (Phi) is 7.68. The Hall–Kier alpha value is -3.27. The van der Waals surface area contributed by atoms with Gasteiger partial charge in [-0.15, -0.1) is 0 Å². The zero-order valence-electron chi connectivity index (χ0n) is 21.9. The molecule has 37 heavy (non-hydrogen) atoms. The predicted molar refractivity (Wildman–Crippen MR) is 139 cm³/mol. The van der Waals surface area contributed by atoms with Gasteiger partial charge in [0.1, 0.15) is 18.2 Å². The number of methoxy groups -OCH3 is 1. The second-order valence-electron chi connectivity index (χ2n) is 9.52. The maximum Gasteiger partial charge on any atom is 0.416 e. The van der Waals surface area contributed by atoms with Gasteiger partial charge in [0, 0.05) is 23.2 Å². The molecule has 2 heterocycles. The molecule has 10 heteroatoms. The minimum Gasteiger partial charge on any atom is -0.493 e. The van der Waals surface area contributed by atoms with E-state index >= 15 is 0 Å². The molecule has 2 aromatic carbocycles. The van der Waals surface area contributed by atoms with Crippen LogP contribution in [0.4, 0.5) is 24.7 Å². The van der Waals surface area contributed by atoms with Crippen molar-refractivity contribution >= 4 is 22.4 Å². The molecule has 1 aliphatic rings. The first-order valence-corrected chi connectivity index (χ1v) is 12.5. The fourth-order valence-corrected chi connectivity index (χ4v) is 5.11. The molecule has 0 bridgehead atoms. The molecule has 200 valence electrons. The number of nitrogens with zero attached hydrogens (tertiary/aromatic N) is 3. The van der Waals surface area contributed by atoms with Crippen molar-refractivity contribution in [3.63, 3.8) is 0 Å². The first-order valence-electron chi connectivity index (χ1n) is 12.5. The fraction of sp³-hybridized carbons (Fsp3) is 0.481. The molecule has 0 amide bonds. The minimum absolute atomic E-state index is 0.0544. The number of nitrogen functional groups attached to an aromatic ring is 1. The lowest BCUT2D eigenvalue weighted by molar-refractivity contribution is -0.138. The molecule has 0 saturated carbocycles. The van der Waals surface area contributed by atoms with Gasteiger partial charge in [0.15, 0.2) is 11.5 Å². The van der Waals surface area contributed by atoms with Crippen molar-refractivity contribution in [1.29, 1.82) is 0 Å². The van der Waals surface area contributed by atoms with E-state index in [0.717, 1.165) is 32.0 Å². The van der Waals surface area contributed by atoms with Crippen molar-refractivity contribution < 1.29 is 22.6 Å². The zero-order valence-corrected chi connectivity index (χ0v) is 21.9.